The van der Waals surface area contributed by atoms with Gasteiger partial charge in [-0.25, -0.2) is 33.3 Å². The average Bonchev–Trinajstić information content (AvgIpc) is 1.31. The molecule has 0 spiro atoms. The molecule has 0 aromatic rings. The second-order valence-electron chi connectivity index (χ2n) is 36.6. The van der Waals surface area contributed by atoms with Crippen molar-refractivity contribution in [2.75, 3.05) is 130 Å². The topological polar surface area (TPSA) is 94.2 Å². The van der Waals surface area contributed by atoms with Crippen LogP contribution in [0.1, 0.15) is 300 Å². The van der Waals surface area contributed by atoms with Gasteiger partial charge in [0.25, 0.3) is 0 Å². The first kappa shape index (κ1) is 125. The molecular weight excluding hydrogens is 1740 g/mol. The molecule has 6 saturated carbocycles. The van der Waals surface area contributed by atoms with E-state index in [9.17, 15) is 0 Å². The summed E-state index contributed by atoms with van der Waals surface area (Å²) in [5.74, 6) is 8.61. The molecule has 6 aliphatic carbocycles. The number of nitrogens with zero attached hydrogens (tertiary/aromatic N) is 15. The molecule has 5 saturated heterocycles. The minimum atomic E-state index is -0.510. The Kier molecular flexibility index (Phi) is 68.9. The zero-order valence-electron chi connectivity index (χ0n) is 80.3. The molecule has 0 bridgehead atoms. The molecule has 25 heteroatoms. The number of guanidine groups is 5. The van der Waals surface area contributed by atoms with Crippen LogP contribution in [0.4, 0.5) is 0 Å². The molecule has 15 nitrogen and oxygen atoms in total. The van der Waals surface area contributed by atoms with Crippen LogP contribution >= 0.6 is 40.4 Å². The smallest absolute Gasteiger partial charge is 0.358 e. The first-order chi connectivity index (χ1) is 50.3. The number of rotatable bonds is 17. The Morgan fingerprint density at radius 1 is 0.254 bits per heavy atom. The fourth-order valence-electron chi connectivity index (χ4n) is 22.2. The summed E-state index contributed by atoms with van der Waals surface area (Å²) in [4.78, 5) is 37.9. The van der Waals surface area contributed by atoms with Crippen LogP contribution < -0.4 is 0 Å². The first-order valence-corrected chi connectivity index (χ1v) is 53.3. The van der Waals surface area contributed by atoms with E-state index in [-0.39, 0.29) is 161 Å². The standard InChI is InChI=1S/C19H34N3P.C18H32N3P.C17H30N3P.C15H30N3P.C14H28N3P.10CH3.5Cr/c1-3-9-17(10-4-1)23(18-11-5-2-6-12-18)22-16-8-15-21-14-7-13-20-19(21)22;1-15-11-14-20-12-6-13-21(18(20)19-15)22(16-7-2-3-8-16)17-9-4-5-10-17;1-2-8-15(7-1)21(16-9-3-4-10-16)20-14-6-13-19-12-5-11-18-17(19)20;1-13(2)11-19(12-14(3)4)18-10-6-9-17-8-5-7-16-15(17)18;1-11(2)18(12(3)4)17-9-6-8-16-10-7-13(5)15-14(16)17;;;;;;;;;;;;;;;/h17-18H,1-16H2;15-17H,2-14H2,1H3;15-16H,1-14H2;13-14H,5-12H2,1-4H3;11-13H,6-10H2,1-5H3;10*1H3;;;;;/q;;;;;10*-1;5*+2/p+5. The van der Waals surface area contributed by atoms with Gasteiger partial charge in [-0.1, -0.05) is 40.5 Å². The van der Waals surface area contributed by atoms with Crippen LogP contribution in [0.5, 0.6) is 0 Å². The molecule has 686 valence electrons. The van der Waals surface area contributed by atoms with Gasteiger partial charge in [-0.3, -0.25) is 15.0 Å². The van der Waals surface area contributed by atoms with Gasteiger partial charge in [0.2, 0.25) is 29.8 Å². The monoisotopic (exact) mass is 1930 g/mol. The predicted octanol–water partition coefficient (Wildman–Crippen LogP) is 23.2. The van der Waals surface area contributed by atoms with Crippen molar-refractivity contribution in [1.82, 2.24) is 47.9 Å². The van der Waals surface area contributed by atoms with Gasteiger partial charge in [0.05, 0.1) is 110 Å². The summed E-state index contributed by atoms with van der Waals surface area (Å²) in [6.45, 7) is 45.7. The minimum absolute atomic E-state index is 0. The molecule has 16 rings (SSSR count). The van der Waals surface area contributed by atoms with E-state index < -0.39 is 40.4 Å². The number of aliphatic imine (C=N–C) groups is 5. The Bertz CT molecular complexity index is 2620. The van der Waals surface area contributed by atoms with E-state index >= 15 is 0 Å². The van der Waals surface area contributed by atoms with E-state index in [4.69, 9.17) is 25.0 Å². The Labute approximate surface area is 797 Å². The molecule has 2 atom stereocenters. The van der Waals surface area contributed by atoms with Crippen LogP contribution in [0.2, 0.25) is 0 Å². The van der Waals surface area contributed by atoms with Gasteiger partial charge in [-0.05, 0) is 272 Å². The van der Waals surface area contributed by atoms with Crippen molar-refractivity contribution < 1.29 is 86.8 Å². The summed E-state index contributed by atoms with van der Waals surface area (Å²) in [5, 5.41) is 0. The van der Waals surface area contributed by atoms with Gasteiger partial charge in [-0.15, -0.1) is 0 Å². The summed E-state index contributed by atoms with van der Waals surface area (Å²) in [6, 6.07) is 1.06. The third-order valence-corrected chi connectivity index (χ3v) is 45.5. The fraction of sp³-hybridized carbons (Fsp3) is 0.839. The predicted molar refractivity (Wildman–Crippen MR) is 526 cm³/mol. The maximum atomic E-state index is 5.14. The van der Waals surface area contributed by atoms with Crippen LogP contribution in [-0.2, 0) is 86.8 Å². The summed E-state index contributed by atoms with van der Waals surface area (Å²) < 4.78 is 14.1. The van der Waals surface area contributed by atoms with Crippen molar-refractivity contribution in [3.8, 4) is 0 Å². The fourth-order valence-corrected chi connectivity index (χ4v) is 42.3. The summed E-state index contributed by atoms with van der Waals surface area (Å²) >= 11 is 0. The van der Waals surface area contributed by atoms with Gasteiger partial charge in [-0.2, -0.15) is 0 Å². The van der Waals surface area contributed by atoms with Crippen LogP contribution in [-0.4, -0.2) is 265 Å². The zero-order chi connectivity index (χ0) is 71.6. The molecule has 11 fully saturated rings. The molecule has 0 N–H and O–H groups in total. The summed E-state index contributed by atoms with van der Waals surface area (Å²) in [6.07, 6.45) is 55.0. The van der Waals surface area contributed by atoms with Gasteiger partial charge in [0, 0.05) is 85.1 Å². The largest absolute Gasteiger partial charge is 2.00 e. The third-order valence-electron chi connectivity index (χ3n) is 26.7. The SMILES string of the molecule is C1CCC([PH+](C2CCCC2)N2CCCN3CCCN=C32)C1.C1CCC([PH+](C2CCCCC2)N2CCCN3CCCN=C32)CC1.CC(C)C[PH+](CC(C)C)N1CCCN2CCCN=C21.CC1CCN2CCCN([PH+](C(C)C)C(C)C)C2=N1.CC1CCN2CCCN([PH+](C3CCCC3)C3CCCC3)C2=N1.[CH3-].[CH3-].[CH3-].[CH3-].[CH3-].[CH3-].[CH3-].[CH3-].[CH3-].[CH3-].[Cr+2].[Cr+2].[Cr+2].[Cr+2].[Cr+2]. The first-order valence-electron chi connectivity index (χ1n) is 45.0. The summed E-state index contributed by atoms with van der Waals surface area (Å²) in [5.41, 5.74) is 7.87. The van der Waals surface area contributed by atoms with Crippen LogP contribution in [0.15, 0.2) is 25.0 Å². The third kappa shape index (κ3) is 34.5. The normalized spacial score (nSPS) is 23.3. The van der Waals surface area contributed by atoms with E-state index in [1.807, 2.05) is 0 Å². The van der Waals surface area contributed by atoms with E-state index in [1.165, 1.54) is 371 Å². The molecule has 10 aliphatic heterocycles. The van der Waals surface area contributed by atoms with Crippen molar-refractivity contribution in [2.45, 2.75) is 358 Å². The minimum Gasteiger partial charge on any atom is -0.358 e. The Hall–Kier alpha value is 1.16. The Morgan fingerprint density at radius 2 is 0.475 bits per heavy atom. The van der Waals surface area contributed by atoms with E-state index in [1.54, 1.807) is 0 Å². The molecule has 0 aromatic heterocycles. The maximum Gasteiger partial charge on any atom is 2.00 e. The number of hydrogen-bond acceptors (Lipinski definition) is 15. The van der Waals surface area contributed by atoms with E-state index in [0.29, 0.717) is 12.1 Å². The van der Waals surface area contributed by atoms with Crippen LogP contribution in [0.25, 0.3) is 0 Å². The Balaban J connectivity index is -0.000000669. The van der Waals surface area contributed by atoms with E-state index in [0.717, 1.165) is 76.7 Å². The molecule has 0 amide bonds. The Morgan fingerprint density at radius 3 is 0.746 bits per heavy atom. The van der Waals surface area contributed by atoms with E-state index in [2.05, 4.69) is 117 Å². The molecule has 16 aliphatic rings. The second kappa shape index (κ2) is 64.8. The van der Waals surface area contributed by atoms with Crippen molar-refractivity contribution in [2.24, 2.45) is 36.8 Å². The van der Waals surface area contributed by atoms with Gasteiger partial charge >= 0.3 is 86.8 Å². The summed E-state index contributed by atoms with van der Waals surface area (Å²) in [7, 11) is -2.26. The zero-order valence-corrected chi connectivity index (χ0v) is 91.7. The number of hydrogen-bond donors (Lipinski definition) is 0. The van der Waals surface area contributed by atoms with Crippen LogP contribution in [0.3, 0.4) is 0 Å². The molecule has 0 aromatic carbocycles. The molecular formula is C93H189Cr5N15P5+5. The van der Waals surface area contributed by atoms with Crippen molar-refractivity contribution in [1.29, 1.82) is 0 Å². The van der Waals surface area contributed by atoms with Gasteiger partial charge < -0.3 is 98.8 Å². The number of fused-ring (bicyclic) bond motifs is 5. The van der Waals surface area contributed by atoms with Crippen molar-refractivity contribution in [3.05, 3.63) is 74.3 Å². The molecule has 10 heterocycles. The van der Waals surface area contributed by atoms with Gasteiger partial charge in [0.1, 0.15) is 32.3 Å². The van der Waals surface area contributed by atoms with Crippen molar-refractivity contribution >= 4 is 70.2 Å². The second-order valence-corrected chi connectivity index (χ2v) is 51.8. The average molecular weight is 1930 g/mol. The maximum absolute atomic E-state index is 5.14. The molecule has 118 heavy (non-hydrogen) atoms. The molecule has 2 unspecified atom stereocenters. The van der Waals surface area contributed by atoms with Crippen LogP contribution in [0, 0.1) is 86.1 Å². The van der Waals surface area contributed by atoms with Gasteiger partial charge in [0.15, 0.2) is 0 Å². The van der Waals surface area contributed by atoms with Crippen molar-refractivity contribution in [3.63, 3.8) is 0 Å². The quantitative estimate of drug-likeness (QED) is 0.104. The molecule has 0 radical (unpaired) electrons.